The maximum Gasteiger partial charge on any atom is 0.0409 e. The van der Waals surface area contributed by atoms with Crippen LogP contribution in [0.1, 0.15) is 24.4 Å². The summed E-state index contributed by atoms with van der Waals surface area (Å²) in [6.07, 6.45) is 2.54. The number of benzene rings is 1. The minimum absolute atomic E-state index is 0. The fourth-order valence-electron chi connectivity index (χ4n) is 1.44. The molecule has 1 atom stereocenters. The van der Waals surface area contributed by atoms with Crippen molar-refractivity contribution in [2.75, 3.05) is 0 Å². The molecule has 1 saturated carbocycles. The van der Waals surface area contributed by atoms with Crippen molar-refractivity contribution in [1.29, 1.82) is 0 Å². The van der Waals surface area contributed by atoms with Gasteiger partial charge in [0.2, 0.25) is 0 Å². The van der Waals surface area contributed by atoms with Gasteiger partial charge in [-0.15, -0.1) is 12.4 Å². The van der Waals surface area contributed by atoms with Gasteiger partial charge in [-0.3, -0.25) is 0 Å². The fraction of sp³-hybridized carbons (Fsp3) is 0.400. The van der Waals surface area contributed by atoms with E-state index in [0.29, 0.717) is 5.92 Å². The molecule has 0 unspecified atom stereocenters. The van der Waals surface area contributed by atoms with Crippen molar-refractivity contribution < 1.29 is 0 Å². The van der Waals surface area contributed by atoms with Crippen LogP contribution >= 0.6 is 24.0 Å². The lowest BCUT2D eigenvalue weighted by Crippen LogP contribution is -2.11. The van der Waals surface area contributed by atoms with Crippen molar-refractivity contribution in [1.82, 2.24) is 0 Å². The molecule has 3 heteroatoms. The van der Waals surface area contributed by atoms with E-state index in [1.165, 1.54) is 18.4 Å². The summed E-state index contributed by atoms with van der Waals surface area (Å²) in [6, 6.07) is 8.05. The molecule has 0 aliphatic heterocycles. The third-order valence-corrected chi connectivity index (χ3v) is 2.60. The Balaban J connectivity index is 0.000000845. The molecule has 0 spiro atoms. The highest BCUT2D eigenvalue weighted by atomic mass is 35.5. The van der Waals surface area contributed by atoms with Crippen LogP contribution in [-0.2, 0) is 0 Å². The highest BCUT2D eigenvalue weighted by molar-refractivity contribution is 6.30. The molecule has 1 nitrogen and oxygen atoms in total. The summed E-state index contributed by atoms with van der Waals surface area (Å²) in [5, 5.41) is 0.781. The van der Waals surface area contributed by atoms with Gasteiger partial charge in [-0.25, -0.2) is 0 Å². The third-order valence-electron chi connectivity index (χ3n) is 2.36. The zero-order valence-corrected chi connectivity index (χ0v) is 8.81. The smallest absolute Gasteiger partial charge is 0.0409 e. The average molecular weight is 218 g/mol. The van der Waals surface area contributed by atoms with Crippen LogP contribution in [0.3, 0.4) is 0 Å². The molecular weight excluding hydrogens is 205 g/mol. The second-order valence-corrected chi connectivity index (χ2v) is 3.85. The summed E-state index contributed by atoms with van der Waals surface area (Å²) < 4.78 is 0. The van der Waals surface area contributed by atoms with Crippen molar-refractivity contribution in [2.45, 2.75) is 18.9 Å². The molecule has 2 N–H and O–H groups in total. The number of hydrogen-bond acceptors (Lipinski definition) is 1. The molecule has 1 fully saturated rings. The molecule has 13 heavy (non-hydrogen) atoms. The molecule has 72 valence electrons. The summed E-state index contributed by atoms with van der Waals surface area (Å²) in [5.74, 6) is 0.698. The third kappa shape index (κ3) is 2.60. The number of rotatable bonds is 2. The molecule has 0 radical (unpaired) electrons. The predicted octanol–water partition coefficient (Wildman–Crippen LogP) is 3.17. The summed E-state index contributed by atoms with van der Waals surface area (Å²) in [6.45, 7) is 0. The van der Waals surface area contributed by atoms with Gasteiger partial charge in [0.1, 0.15) is 0 Å². The summed E-state index contributed by atoms with van der Waals surface area (Å²) >= 11 is 5.86. The molecular formula is C10H13Cl2N. The first kappa shape index (κ1) is 10.8. The maximum atomic E-state index is 6.01. The lowest BCUT2D eigenvalue weighted by molar-refractivity contribution is 0.633. The van der Waals surface area contributed by atoms with Crippen LogP contribution in [0.15, 0.2) is 24.3 Å². The van der Waals surface area contributed by atoms with Crippen molar-refractivity contribution in [3.63, 3.8) is 0 Å². The number of nitrogens with two attached hydrogens (primary N) is 1. The Labute approximate surface area is 89.7 Å². The van der Waals surface area contributed by atoms with Crippen LogP contribution in [0.4, 0.5) is 0 Å². The van der Waals surface area contributed by atoms with Crippen LogP contribution in [0.2, 0.25) is 5.02 Å². The van der Waals surface area contributed by atoms with E-state index in [1.807, 2.05) is 18.2 Å². The SMILES string of the molecule is Cl.N[C@H](c1cccc(Cl)c1)C1CC1. The Hall–Kier alpha value is -0.240. The molecule has 0 bridgehead atoms. The van der Waals surface area contributed by atoms with Crippen molar-refractivity contribution in [3.05, 3.63) is 34.9 Å². The molecule has 1 aromatic carbocycles. The Morgan fingerprint density at radius 1 is 1.38 bits per heavy atom. The van der Waals surface area contributed by atoms with Crippen LogP contribution in [0.25, 0.3) is 0 Å². The Bertz CT molecular complexity index is 284. The van der Waals surface area contributed by atoms with Crippen LogP contribution < -0.4 is 5.73 Å². The van der Waals surface area contributed by atoms with E-state index < -0.39 is 0 Å². The molecule has 0 aromatic heterocycles. The van der Waals surface area contributed by atoms with Crippen LogP contribution in [0.5, 0.6) is 0 Å². The zero-order chi connectivity index (χ0) is 8.55. The molecule has 1 aliphatic rings. The van der Waals surface area contributed by atoms with Crippen LogP contribution in [0, 0.1) is 5.92 Å². The van der Waals surface area contributed by atoms with E-state index in [-0.39, 0.29) is 18.4 Å². The van der Waals surface area contributed by atoms with Gasteiger partial charge in [-0.05, 0) is 36.5 Å². The first-order valence-corrected chi connectivity index (χ1v) is 4.66. The van der Waals surface area contributed by atoms with Gasteiger partial charge in [0.05, 0.1) is 0 Å². The van der Waals surface area contributed by atoms with Gasteiger partial charge in [0.15, 0.2) is 0 Å². The Kier molecular flexibility index (Phi) is 3.60. The lowest BCUT2D eigenvalue weighted by atomic mass is 10.0. The van der Waals surface area contributed by atoms with Crippen molar-refractivity contribution in [3.8, 4) is 0 Å². The monoisotopic (exact) mass is 217 g/mol. The summed E-state index contributed by atoms with van der Waals surface area (Å²) in [4.78, 5) is 0. The van der Waals surface area contributed by atoms with Gasteiger partial charge in [0.25, 0.3) is 0 Å². The van der Waals surface area contributed by atoms with Gasteiger partial charge in [-0.1, -0.05) is 23.7 Å². The first-order chi connectivity index (χ1) is 5.77. The first-order valence-electron chi connectivity index (χ1n) is 4.28. The standard InChI is InChI=1S/C10H12ClN.ClH/c11-9-3-1-2-8(6-9)10(12)7-4-5-7;/h1-3,6-7,10H,4-5,12H2;1H/t10-;/m0./s1. The topological polar surface area (TPSA) is 26.0 Å². The van der Waals surface area contributed by atoms with Crippen molar-refractivity contribution >= 4 is 24.0 Å². The van der Waals surface area contributed by atoms with Gasteiger partial charge in [-0.2, -0.15) is 0 Å². The second kappa shape index (κ2) is 4.32. The van der Waals surface area contributed by atoms with Crippen molar-refractivity contribution in [2.24, 2.45) is 11.7 Å². The highest BCUT2D eigenvalue weighted by Crippen LogP contribution is 2.39. The summed E-state index contributed by atoms with van der Waals surface area (Å²) in [7, 11) is 0. The lowest BCUT2D eigenvalue weighted by Gasteiger charge is -2.10. The second-order valence-electron chi connectivity index (χ2n) is 3.42. The number of halogens is 2. The highest BCUT2D eigenvalue weighted by Gasteiger charge is 2.29. The van der Waals surface area contributed by atoms with E-state index in [1.54, 1.807) is 0 Å². The van der Waals surface area contributed by atoms with E-state index in [9.17, 15) is 0 Å². The summed E-state index contributed by atoms with van der Waals surface area (Å²) in [5.41, 5.74) is 7.18. The largest absolute Gasteiger partial charge is 0.324 e. The average Bonchev–Trinajstić information content (AvgIpc) is 2.85. The molecule has 2 rings (SSSR count). The molecule has 0 amide bonds. The maximum absolute atomic E-state index is 6.01. The molecule has 1 aromatic rings. The van der Waals surface area contributed by atoms with E-state index in [4.69, 9.17) is 17.3 Å². The minimum Gasteiger partial charge on any atom is -0.324 e. The van der Waals surface area contributed by atoms with Gasteiger partial charge in [0, 0.05) is 11.1 Å². The number of hydrogen-bond donors (Lipinski definition) is 1. The zero-order valence-electron chi connectivity index (χ0n) is 7.24. The predicted molar refractivity (Wildman–Crippen MR) is 58.4 cm³/mol. The quantitative estimate of drug-likeness (QED) is 0.810. The van der Waals surface area contributed by atoms with E-state index in [0.717, 1.165) is 5.02 Å². The molecule has 1 aliphatic carbocycles. The van der Waals surface area contributed by atoms with Crippen LogP contribution in [-0.4, -0.2) is 0 Å². The van der Waals surface area contributed by atoms with Gasteiger partial charge >= 0.3 is 0 Å². The Morgan fingerprint density at radius 2 is 2.08 bits per heavy atom. The normalized spacial score (nSPS) is 17.7. The minimum atomic E-state index is 0. The van der Waals surface area contributed by atoms with E-state index in [2.05, 4.69) is 6.07 Å². The molecule has 0 heterocycles. The molecule has 0 saturated heterocycles. The van der Waals surface area contributed by atoms with E-state index >= 15 is 0 Å². The Morgan fingerprint density at radius 3 is 2.62 bits per heavy atom. The van der Waals surface area contributed by atoms with Gasteiger partial charge < -0.3 is 5.73 Å². The fourth-order valence-corrected chi connectivity index (χ4v) is 1.64.